The van der Waals surface area contributed by atoms with E-state index in [1.165, 1.54) is 30.5 Å². The lowest BCUT2D eigenvalue weighted by atomic mass is 9.87. The summed E-state index contributed by atoms with van der Waals surface area (Å²) in [5.74, 6) is -1.13. The van der Waals surface area contributed by atoms with Crippen molar-refractivity contribution in [2.45, 2.75) is 62.4 Å². The van der Waals surface area contributed by atoms with Crippen LogP contribution in [0.4, 0.5) is 22.0 Å². The van der Waals surface area contributed by atoms with E-state index in [1.807, 2.05) is 0 Å². The van der Waals surface area contributed by atoms with E-state index in [2.05, 4.69) is 9.97 Å². The molecule has 172 valence electrons. The summed E-state index contributed by atoms with van der Waals surface area (Å²) >= 11 is 0. The monoisotopic (exact) mass is 465 g/mol. The summed E-state index contributed by atoms with van der Waals surface area (Å²) in [6.45, 7) is 1.61. The molecule has 5 nitrogen and oxygen atoms in total. The van der Waals surface area contributed by atoms with Crippen molar-refractivity contribution in [3.05, 3.63) is 46.9 Å². The first-order chi connectivity index (χ1) is 14.4. The zero-order valence-corrected chi connectivity index (χ0v) is 17.8. The molecule has 2 N–H and O–H groups in total. The molecule has 31 heavy (non-hydrogen) atoms. The lowest BCUT2D eigenvalue weighted by Gasteiger charge is -2.32. The van der Waals surface area contributed by atoms with Gasteiger partial charge in [-0.1, -0.05) is 24.3 Å². The predicted molar refractivity (Wildman–Crippen MR) is 105 cm³/mol. The van der Waals surface area contributed by atoms with Gasteiger partial charge in [0.2, 0.25) is 0 Å². The van der Waals surface area contributed by atoms with Crippen LogP contribution in [0.1, 0.15) is 60.9 Å². The van der Waals surface area contributed by atoms with Crippen LogP contribution in [-0.4, -0.2) is 32.7 Å². The zero-order chi connectivity index (χ0) is 23.0. The maximum Gasteiger partial charge on any atom is 0.391 e. The first-order valence-electron chi connectivity index (χ1n) is 9.76. The van der Waals surface area contributed by atoms with Crippen LogP contribution in [0.3, 0.4) is 0 Å². The molecular formula is C20H24F5N3O2S. The highest BCUT2D eigenvalue weighted by molar-refractivity contribution is 7.91. The van der Waals surface area contributed by atoms with E-state index in [9.17, 15) is 26.2 Å². The highest BCUT2D eigenvalue weighted by atomic mass is 32.2. The van der Waals surface area contributed by atoms with Gasteiger partial charge in [0.25, 0.3) is 6.43 Å². The number of halogens is 5. The van der Waals surface area contributed by atoms with E-state index < -0.39 is 40.5 Å². The minimum atomic E-state index is -4.24. The fourth-order valence-electron chi connectivity index (χ4n) is 3.81. The number of hydrogen-bond acceptors (Lipinski definition) is 4. The molecule has 1 aromatic carbocycles. The SMILES string of the molecule is Cc1[nH]c([C@@H](OC2CCC(C(F)(F)F)CC2)c2ccc(C(F)F)cc2)nc1S(C)(=N)=O. The van der Waals surface area contributed by atoms with Gasteiger partial charge in [-0.25, -0.2) is 22.8 Å². The fraction of sp³-hybridized carbons (Fsp3) is 0.550. The number of hydrogen-bond donors (Lipinski definition) is 2. The molecular weight excluding hydrogens is 441 g/mol. The number of rotatable bonds is 6. The molecule has 1 aliphatic carbocycles. The number of aromatic amines is 1. The van der Waals surface area contributed by atoms with Gasteiger partial charge in [0.05, 0.1) is 21.8 Å². The number of alkyl halides is 5. The summed E-state index contributed by atoms with van der Waals surface area (Å²) < 4.78 is 90.8. The topological polar surface area (TPSA) is 78.8 Å². The molecule has 2 atom stereocenters. The van der Waals surface area contributed by atoms with Crippen LogP contribution in [0, 0.1) is 17.6 Å². The molecule has 0 amide bonds. The first-order valence-corrected chi connectivity index (χ1v) is 11.7. The molecule has 1 aromatic heterocycles. The molecule has 1 unspecified atom stereocenters. The number of nitrogens with zero attached hydrogens (tertiary/aromatic N) is 1. The average molecular weight is 465 g/mol. The lowest BCUT2D eigenvalue weighted by Crippen LogP contribution is -2.31. The van der Waals surface area contributed by atoms with Gasteiger partial charge in [0.15, 0.2) is 5.03 Å². The Kier molecular flexibility index (Phi) is 6.75. The van der Waals surface area contributed by atoms with E-state index in [-0.39, 0.29) is 42.1 Å². The smallest absolute Gasteiger partial charge is 0.362 e. The predicted octanol–water partition coefficient (Wildman–Crippen LogP) is 5.92. The highest BCUT2D eigenvalue weighted by Gasteiger charge is 2.42. The van der Waals surface area contributed by atoms with Gasteiger partial charge in [-0.2, -0.15) is 13.2 Å². The molecule has 0 bridgehead atoms. The van der Waals surface area contributed by atoms with Crippen molar-refractivity contribution in [1.82, 2.24) is 9.97 Å². The highest BCUT2D eigenvalue weighted by Crippen LogP contribution is 2.40. The molecule has 0 radical (unpaired) electrons. The zero-order valence-electron chi connectivity index (χ0n) is 17.0. The molecule has 11 heteroatoms. The van der Waals surface area contributed by atoms with Gasteiger partial charge < -0.3 is 9.72 Å². The minimum absolute atomic E-state index is 0.0524. The van der Waals surface area contributed by atoms with Crippen molar-refractivity contribution in [2.75, 3.05) is 6.26 Å². The Balaban J connectivity index is 1.89. The second-order valence-electron chi connectivity index (χ2n) is 7.89. The van der Waals surface area contributed by atoms with Gasteiger partial charge in [-0.3, -0.25) is 0 Å². The standard InChI is InChI=1S/C20H24F5N3O2S/c1-11-19(31(2,26)29)28-18(27-11)16(12-3-5-13(6-4-12)17(21)22)30-15-9-7-14(8-10-15)20(23,24)25/h3-6,14-17,26H,7-10H2,1-2H3,(H,27,28)/t14?,15?,16-,31?/m0/s1. The number of ether oxygens (including phenoxy) is 1. The molecule has 0 spiro atoms. The van der Waals surface area contributed by atoms with Crippen LogP contribution in [0.2, 0.25) is 0 Å². The average Bonchev–Trinajstić information content (AvgIpc) is 3.08. The fourth-order valence-corrected chi connectivity index (χ4v) is 4.71. The van der Waals surface area contributed by atoms with Crippen LogP contribution in [0.25, 0.3) is 0 Å². The quantitative estimate of drug-likeness (QED) is 0.520. The third kappa shape index (κ3) is 5.62. The van der Waals surface area contributed by atoms with E-state index in [0.717, 1.165) is 0 Å². The van der Waals surface area contributed by atoms with E-state index in [0.29, 0.717) is 11.3 Å². The van der Waals surface area contributed by atoms with Gasteiger partial charge in [0.1, 0.15) is 11.9 Å². The van der Waals surface area contributed by atoms with Crippen LogP contribution in [0.15, 0.2) is 29.3 Å². The van der Waals surface area contributed by atoms with E-state index in [1.54, 1.807) is 6.92 Å². The Bertz CT molecular complexity index is 995. The van der Waals surface area contributed by atoms with Gasteiger partial charge >= 0.3 is 6.18 Å². The van der Waals surface area contributed by atoms with Crippen molar-refractivity contribution in [3.8, 4) is 0 Å². The Morgan fingerprint density at radius 2 is 1.68 bits per heavy atom. The summed E-state index contributed by atoms with van der Waals surface area (Å²) in [6, 6.07) is 5.41. The second-order valence-corrected chi connectivity index (χ2v) is 9.97. The van der Waals surface area contributed by atoms with Gasteiger partial charge in [-0.15, -0.1) is 0 Å². The number of imidazole rings is 1. The van der Waals surface area contributed by atoms with E-state index >= 15 is 0 Å². The number of aryl methyl sites for hydroxylation is 1. The Labute approximate surface area is 177 Å². The summed E-state index contributed by atoms with van der Waals surface area (Å²) in [5.41, 5.74) is 0.721. The number of aromatic nitrogens is 2. The Hall–Kier alpha value is -2.01. The first kappa shape index (κ1) is 23.6. The second kappa shape index (κ2) is 8.85. The van der Waals surface area contributed by atoms with Crippen molar-refractivity contribution in [2.24, 2.45) is 5.92 Å². The maximum absolute atomic E-state index is 13.0. The van der Waals surface area contributed by atoms with Crippen molar-refractivity contribution in [3.63, 3.8) is 0 Å². The lowest BCUT2D eigenvalue weighted by molar-refractivity contribution is -0.188. The molecule has 0 aliphatic heterocycles. The van der Waals surface area contributed by atoms with Crippen molar-refractivity contribution >= 4 is 9.73 Å². The summed E-state index contributed by atoms with van der Waals surface area (Å²) in [6.07, 6.45) is -6.72. The third-order valence-corrected chi connectivity index (χ3v) is 6.57. The molecule has 0 saturated heterocycles. The molecule has 2 aromatic rings. The maximum atomic E-state index is 13.0. The molecule has 3 rings (SSSR count). The summed E-state index contributed by atoms with van der Waals surface area (Å²) in [5, 5.41) is 0.0566. The summed E-state index contributed by atoms with van der Waals surface area (Å²) in [4.78, 5) is 7.21. The van der Waals surface area contributed by atoms with Crippen molar-refractivity contribution in [1.29, 1.82) is 4.78 Å². The third-order valence-electron chi connectivity index (χ3n) is 5.43. The van der Waals surface area contributed by atoms with Crippen LogP contribution >= 0.6 is 0 Å². The molecule has 1 heterocycles. The largest absolute Gasteiger partial charge is 0.391 e. The Morgan fingerprint density at radius 1 is 1.13 bits per heavy atom. The normalized spacial score (nSPS) is 23.0. The van der Waals surface area contributed by atoms with Gasteiger partial charge in [-0.05, 0) is 38.2 Å². The van der Waals surface area contributed by atoms with Gasteiger partial charge in [0, 0.05) is 17.5 Å². The molecule has 1 fully saturated rings. The molecule has 1 saturated carbocycles. The van der Waals surface area contributed by atoms with E-state index in [4.69, 9.17) is 9.52 Å². The Morgan fingerprint density at radius 3 is 2.13 bits per heavy atom. The van der Waals surface area contributed by atoms with Crippen LogP contribution in [0.5, 0.6) is 0 Å². The van der Waals surface area contributed by atoms with Crippen LogP contribution < -0.4 is 0 Å². The number of nitrogens with one attached hydrogen (secondary N) is 2. The minimum Gasteiger partial charge on any atom is -0.362 e. The summed E-state index contributed by atoms with van der Waals surface area (Å²) in [7, 11) is -3.13. The number of benzene rings is 1. The molecule has 1 aliphatic rings. The van der Waals surface area contributed by atoms with Crippen molar-refractivity contribution < 1.29 is 30.9 Å². The number of H-pyrrole nitrogens is 1. The van der Waals surface area contributed by atoms with Crippen LogP contribution in [-0.2, 0) is 14.5 Å².